The molecule has 4 aromatic carbocycles. The Labute approximate surface area is 308 Å². The average molecular weight is 763 g/mol. The third-order valence-corrected chi connectivity index (χ3v) is 16.1. The van der Waals surface area contributed by atoms with Crippen LogP contribution in [0.3, 0.4) is 0 Å². The summed E-state index contributed by atoms with van der Waals surface area (Å²) in [5, 5.41) is 12.6. The second-order valence-corrected chi connectivity index (χ2v) is 18.5. The lowest BCUT2D eigenvalue weighted by molar-refractivity contribution is -0.384. The van der Waals surface area contributed by atoms with E-state index in [9.17, 15) is 29.3 Å². The number of nitrogens with zero attached hydrogens (tertiary/aromatic N) is 2. The molecule has 3 atom stereocenters. The molecule has 4 aromatic rings. The molecule has 1 saturated heterocycles. The van der Waals surface area contributed by atoms with Gasteiger partial charge in [0, 0.05) is 31.7 Å². The van der Waals surface area contributed by atoms with E-state index in [1.165, 1.54) is 46.9 Å². The Morgan fingerprint density at radius 1 is 0.863 bits per heavy atom. The number of esters is 2. The summed E-state index contributed by atoms with van der Waals surface area (Å²) in [5.74, 6) is -2.12. The van der Waals surface area contributed by atoms with Crippen LogP contribution >= 0.6 is 40.2 Å². The van der Waals surface area contributed by atoms with Crippen molar-refractivity contribution in [2.75, 3.05) is 5.75 Å². The van der Waals surface area contributed by atoms with E-state index in [0.717, 1.165) is 38.5 Å². The number of likely N-dealkylation sites (tertiary alicyclic amines) is 1. The Morgan fingerprint density at radius 2 is 1.37 bits per heavy atom. The van der Waals surface area contributed by atoms with E-state index in [0.29, 0.717) is 11.3 Å². The summed E-state index contributed by atoms with van der Waals surface area (Å²) in [6.07, 6.45) is -0.893. The number of rotatable bonds is 13. The summed E-state index contributed by atoms with van der Waals surface area (Å²) < 4.78 is 11.3. The molecule has 0 spiro atoms. The van der Waals surface area contributed by atoms with E-state index in [2.05, 4.69) is 0 Å². The summed E-state index contributed by atoms with van der Waals surface area (Å²) in [5.41, 5.74) is 0.451. The Bertz CT molecular complexity index is 1840. The van der Waals surface area contributed by atoms with Gasteiger partial charge in [-0.25, -0.2) is 4.79 Å². The highest BCUT2D eigenvalue weighted by molar-refractivity contribution is 8.85. The molecule has 1 aliphatic rings. The number of ether oxygens (including phenoxy) is 2. The molecule has 5 rings (SSSR count). The number of β-lactam (4-membered cyclic amide) rings is 1. The molecule has 0 saturated carbocycles. The molecule has 3 unspecified atom stereocenters. The Balaban J connectivity index is 1.80. The second kappa shape index (κ2) is 17.3. The van der Waals surface area contributed by atoms with Crippen LogP contribution in [0.2, 0.25) is 0 Å². The van der Waals surface area contributed by atoms with Crippen LogP contribution in [0.25, 0.3) is 0 Å². The fourth-order valence-electron chi connectivity index (χ4n) is 5.92. The van der Waals surface area contributed by atoms with Gasteiger partial charge in [0.05, 0.1) is 4.92 Å². The Morgan fingerprint density at radius 3 is 1.82 bits per heavy atom. The zero-order chi connectivity index (χ0) is 36.5. The van der Waals surface area contributed by atoms with E-state index in [-0.39, 0.29) is 22.2 Å². The first-order valence-corrected chi connectivity index (χ1v) is 20.9. The minimum Gasteiger partial charge on any atom is -0.462 e. The van der Waals surface area contributed by atoms with Gasteiger partial charge in [0.1, 0.15) is 29.4 Å². The topological polar surface area (TPSA) is 133 Å². The van der Waals surface area contributed by atoms with Crippen molar-refractivity contribution >= 4 is 89.5 Å². The number of nitro benzene ring substituents is 1. The van der Waals surface area contributed by atoms with Gasteiger partial charge in [-0.15, -0.1) is 0 Å². The molecule has 264 valence electrons. The van der Waals surface area contributed by atoms with Crippen LogP contribution in [0.1, 0.15) is 26.3 Å². The summed E-state index contributed by atoms with van der Waals surface area (Å²) >= 11 is 0.910. The third-order valence-electron chi connectivity index (χ3n) is 8.08. The highest BCUT2D eigenvalue weighted by Gasteiger charge is 2.57. The minimum atomic E-state index is -3.29. The van der Waals surface area contributed by atoms with E-state index in [1.54, 1.807) is 6.92 Å². The lowest BCUT2D eigenvalue weighted by atomic mass is 9.92. The predicted octanol–water partition coefficient (Wildman–Crippen LogP) is 6.75. The van der Waals surface area contributed by atoms with Crippen LogP contribution in [0, 0.1) is 16.0 Å². The van der Waals surface area contributed by atoms with Crippen LogP contribution in [0.5, 0.6) is 0 Å². The standard InChI is InChI=1S/C37H35N2O8PS3/c1-4-49-51-37(43)50-35-32(25(2)47-26(3)40)33(41)38(35)34(36(42)46-24-27-20-22-28(23-21-27)39(44)45)48(29-14-8-5-9-15-29,30-16-10-6-11-17-30)31-18-12-7-13-19-31/h5-23,25,32,35H,4,24H2,1-3H3. The number of hydrogen-bond acceptors (Lipinski definition) is 11. The fourth-order valence-corrected chi connectivity index (χ4v) is 13.5. The number of amides is 1. The number of carbonyl (C=O) groups is 4. The van der Waals surface area contributed by atoms with Crippen molar-refractivity contribution in [2.45, 2.75) is 38.9 Å². The summed E-state index contributed by atoms with van der Waals surface area (Å²) in [6.45, 7) is 1.24. The van der Waals surface area contributed by atoms with Gasteiger partial charge in [0.2, 0.25) is 5.91 Å². The van der Waals surface area contributed by atoms with Gasteiger partial charge < -0.3 is 9.47 Å². The lowest BCUT2D eigenvalue weighted by Crippen LogP contribution is -2.67. The molecule has 0 radical (unpaired) electrons. The number of benzene rings is 4. The largest absolute Gasteiger partial charge is 0.462 e. The van der Waals surface area contributed by atoms with Crippen molar-refractivity contribution in [3.05, 3.63) is 131 Å². The molecule has 0 N–H and O–H groups in total. The molecule has 0 aliphatic carbocycles. The Kier molecular flexibility index (Phi) is 12.9. The SMILES string of the molecule is CCSSC(=O)SC1C(C(C)OC(C)=O)C(=O)N1C(C(=O)OCc1ccc([N+](=O)[O-])cc1)=P(c1ccccc1)(c1ccccc1)c1ccccc1. The number of nitro groups is 1. The highest BCUT2D eigenvalue weighted by Crippen LogP contribution is 2.52. The van der Waals surface area contributed by atoms with Gasteiger partial charge in [0.15, 0.2) is 0 Å². The second-order valence-electron chi connectivity index (χ2n) is 11.3. The van der Waals surface area contributed by atoms with Gasteiger partial charge in [-0.3, -0.25) is 29.4 Å². The summed E-state index contributed by atoms with van der Waals surface area (Å²) in [6, 6.07) is 34.0. The van der Waals surface area contributed by atoms with Crippen molar-refractivity contribution in [2.24, 2.45) is 5.92 Å². The molecular formula is C37H35N2O8PS3. The van der Waals surface area contributed by atoms with Crippen molar-refractivity contribution in [3.8, 4) is 0 Å². The zero-order valence-corrected chi connectivity index (χ0v) is 31.3. The molecule has 14 heteroatoms. The van der Waals surface area contributed by atoms with Gasteiger partial charge in [-0.05, 0) is 63.1 Å². The smallest absolute Gasteiger partial charge is 0.356 e. The molecule has 1 heterocycles. The van der Waals surface area contributed by atoms with E-state index in [1.807, 2.05) is 97.9 Å². The van der Waals surface area contributed by atoms with Gasteiger partial charge in [-0.2, -0.15) is 0 Å². The molecule has 1 aliphatic heterocycles. The lowest BCUT2D eigenvalue weighted by Gasteiger charge is -2.50. The summed E-state index contributed by atoms with van der Waals surface area (Å²) in [7, 11) is 2.40. The van der Waals surface area contributed by atoms with E-state index in [4.69, 9.17) is 9.47 Å². The first kappa shape index (κ1) is 38.0. The molecule has 10 nitrogen and oxygen atoms in total. The Hall–Kier alpha value is -4.29. The van der Waals surface area contributed by atoms with Crippen LogP contribution < -0.4 is 15.9 Å². The monoisotopic (exact) mass is 762 g/mol. The van der Waals surface area contributed by atoms with Crippen molar-refractivity contribution in [1.29, 1.82) is 0 Å². The third kappa shape index (κ3) is 8.28. The van der Waals surface area contributed by atoms with Gasteiger partial charge in [-0.1, -0.05) is 109 Å². The summed E-state index contributed by atoms with van der Waals surface area (Å²) in [4.78, 5) is 67.1. The maximum atomic E-state index is 15.0. The van der Waals surface area contributed by atoms with Crippen molar-refractivity contribution in [1.82, 2.24) is 4.90 Å². The molecule has 1 fully saturated rings. The van der Waals surface area contributed by atoms with Crippen LogP contribution in [-0.4, -0.2) is 54.8 Å². The normalized spacial score (nSPS) is 16.1. The zero-order valence-electron chi connectivity index (χ0n) is 27.9. The average Bonchev–Trinajstić information content (AvgIpc) is 3.13. The number of carbonyl (C=O) groups excluding carboxylic acids is 4. The first-order chi connectivity index (χ1) is 24.6. The highest BCUT2D eigenvalue weighted by atomic mass is 33.1. The quantitative estimate of drug-likeness (QED) is 0.0358. The van der Waals surface area contributed by atoms with Crippen molar-refractivity contribution < 1.29 is 33.6 Å². The van der Waals surface area contributed by atoms with Gasteiger partial charge >= 0.3 is 11.9 Å². The van der Waals surface area contributed by atoms with Crippen molar-refractivity contribution in [3.63, 3.8) is 0 Å². The molecule has 1 amide bonds. The maximum Gasteiger partial charge on any atom is 0.356 e. The number of non-ortho nitro benzene ring substituents is 1. The van der Waals surface area contributed by atoms with Crippen LogP contribution in [-0.2, 0) is 30.5 Å². The van der Waals surface area contributed by atoms with Crippen LogP contribution in [0.15, 0.2) is 115 Å². The minimum absolute atomic E-state index is 0.0581. The number of thioether (sulfide) groups is 1. The molecule has 0 aromatic heterocycles. The first-order valence-electron chi connectivity index (χ1n) is 15.9. The van der Waals surface area contributed by atoms with E-state index < -0.39 is 47.1 Å². The van der Waals surface area contributed by atoms with Gasteiger partial charge in [0.25, 0.3) is 10.1 Å². The predicted molar refractivity (Wildman–Crippen MR) is 207 cm³/mol. The number of hydrogen-bond donors (Lipinski definition) is 0. The molecule has 0 bridgehead atoms. The molecule has 51 heavy (non-hydrogen) atoms. The van der Waals surface area contributed by atoms with E-state index >= 15 is 0 Å². The molecular weight excluding hydrogens is 728 g/mol. The maximum absolute atomic E-state index is 15.0. The fraction of sp³-hybridized carbons (Fsp3) is 0.216. The van der Waals surface area contributed by atoms with Crippen LogP contribution in [0.4, 0.5) is 10.5 Å².